The number of aliphatic hydroxyl groups is 1. The molecule has 0 saturated heterocycles. The van der Waals surface area contributed by atoms with Gasteiger partial charge >= 0.3 is 0 Å². The lowest BCUT2D eigenvalue weighted by Crippen LogP contribution is -2.42. The van der Waals surface area contributed by atoms with Crippen molar-refractivity contribution in [3.63, 3.8) is 0 Å². The van der Waals surface area contributed by atoms with Crippen molar-refractivity contribution in [2.75, 3.05) is 12.5 Å². The highest BCUT2D eigenvalue weighted by atomic mass is 35.5. The van der Waals surface area contributed by atoms with E-state index in [4.69, 9.17) is 16.0 Å². The first-order valence-corrected chi connectivity index (χ1v) is 10.6. The summed E-state index contributed by atoms with van der Waals surface area (Å²) in [6, 6.07) is 0. The Balaban J connectivity index is 4.17. The highest BCUT2D eigenvalue weighted by molar-refractivity contribution is 6.74. The second-order valence-corrected chi connectivity index (χ2v) is 12.0. The summed E-state index contributed by atoms with van der Waals surface area (Å²) in [5.74, 6) is 0.797. The van der Waals surface area contributed by atoms with Crippen molar-refractivity contribution < 1.29 is 9.53 Å². The molecule has 0 fully saturated rings. The SMILES string of the molecule is C[C@@H](CO[Si](C)(C)C(C)(C)C)[C@H](O)/C=C/CCCCl. The lowest BCUT2D eigenvalue weighted by molar-refractivity contribution is 0.114. The van der Waals surface area contributed by atoms with E-state index in [0.29, 0.717) is 12.5 Å². The summed E-state index contributed by atoms with van der Waals surface area (Å²) in [6.45, 7) is 13.8. The lowest BCUT2D eigenvalue weighted by atomic mass is 10.1. The largest absolute Gasteiger partial charge is 0.416 e. The summed E-state index contributed by atoms with van der Waals surface area (Å²) in [6.07, 6.45) is 5.33. The molecule has 0 unspecified atom stereocenters. The molecule has 0 radical (unpaired) electrons. The van der Waals surface area contributed by atoms with Gasteiger partial charge in [0.15, 0.2) is 8.32 Å². The molecule has 0 bridgehead atoms. The van der Waals surface area contributed by atoms with Crippen LogP contribution in [-0.4, -0.2) is 32.0 Å². The van der Waals surface area contributed by atoms with Crippen LogP contribution in [0.2, 0.25) is 18.1 Å². The minimum Gasteiger partial charge on any atom is -0.416 e. The average Bonchev–Trinajstić information content (AvgIpc) is 2.30. The molecule has 0 aliphatic carbocycles. The fourth-order valence-corrected chi connectivity index (χ4v) is 2.54. The van der Waals surface area contributed by atoms with Crippen molar-refractivity contribution in [1.29, 1.82) is 0 Å². The molecule has 2 nitrogen and oxygen atoms in total. The van der Waals surface area contributed by atoms with Gasteiger partial charge in [-0.2, -0.15) is 0 Å². The topological polar surface area (TPSA) is 29.5 Å². The zero-order valence-corrected chi connectivity index (χ0v) is 15.1. The van der Waals surface area contributed by atoms with Gasteiger partial charge in [-0.3, -0.25) is 0 Å². The third-order valence-corrected chi connectivity index (χ3v) is 8.70. The number of hydrogen-bond donors (Lipinski definition) is 1. The van der Waals surface area contributed by atoms with Crippen LogP contribution in [0.1, 0.15) is 40.5 Å². The molecular formula is C15H31ClO2Si. The molecule has 0 amide bonds. The summed E-state index contributed by atoms with van der Waals surface area (Å²) in [7, 11) is -1.71. The summed E-state index contributed by atoms with van der Waals surface area (Å²) < 4.78 is 6.13. The number of hydrogen-bond acceptors (Lipinski definition) is 2. The van der Waals surface area contributed by atoms with Crippen LogP contribution >= 0.6 is 11.6 Å². The first-order valence-electron chi connectivity index (χ1n) is 7.16. The van der Waals surface area contributed by atoms with Crippen molar-refractivity contribution in [2.45, 2.75) is 64.8 Å². The fraction of sp³-hybridized carbons (Fsp3) is 0.867. The van der Waals surface area contributed by atoms with Crippen molar-refractivity contribution in [3.8, 4) is 0 Å². The lowest BCUT2D eigenvalue weighted by Gasteiger charge is -2.37. The van der Waals surface area contributed by atoms with Crippen LogP contribution in [0.15, 0.2) is 12.2 Å². The van der Waals surface area contributed by atoms with E-state index in [9.17, 15) is 5.11 Å². The van der Waals surface area contributed by atoms with E-state index in [-0.39, 0.29) is 11.0 Å². The number of allylic oxidation sites excluding steroid dienone is 1. The third-order valence-electron chi connectivity index (χ3n) is 3.93. The van der Waals surface area contributed by atoms with E-state index < -0.39 is 14.4 Å². The Morgan fingerprint density at radius 2 is 1.89 bits per heavy atom. The first-order chi connectivity index (χ1) is 8.62. The van der Waals surface area contributed by atoms with Crippen LogP contribution in [0, 0.1) is 5.92 Å². The molecule has 0 aromatic carbocycles. The molecule has 0 saturated carbocycles. The second-order valence-electron chi connectivity index (χ2n) is 6.80. The van der Waals surface area contributed by atoms with E-state index >= 15 is 0 Å². The molecule has 1 N–H and O–H groups in total. The van der Waals surface area contributed by atoms with Crippen molar-refractivity contribution in [3.05, 3.63) is 12.2 Å². The van der Waals surface area contributed by atoms with E-state index in [1.165, 1.54) is 0 Å². The van der Waals surface area contributed by atoms with Crippen molar-refractivity contribution >= 4 is 19.9 Å². The molecule has 0 heterocycles. The summed E-state index contributed by atoms with van der Waals surface area (Å²) in [4.78, 5) is 0. The number of halogens is 1. The first kappa shape index (κ1) is 19.2. The maximum atomic E-state index is 10.0. The molecule has 0 spiro atoms. The fourth-order valence-electron chi connectivity index (χ4n) is 1.28. The Hall–Kier alpha value is 0.167. The number of unbranched alkanes of at least 4 members (excludes halogenated alkanes) is 1. The summed E-state index contributed by atoms with van der Waals surface area (Å²) >= 11 is 5.61. The van der Waals surface area contributed by atoms with Gasteiger partial charge in [-0.15, -0.1) is 11.6 Å². The van der Waals surface area contributed by atoms with Gasteiger partial charge in [-0.25, -0.2) is 0 Å². The van der Waals surface area contributed by atoms with Crippen LogP contribution < -0.4 is 0 Å². The van der Waals surface area contributed by atoms with Gasteiger partial charge in [0.1, 0.15) is 0 Å². The maximum absolute atomic E-state index is 10.0. The quantitative estimate of drug-likeness (QED) is 0.308. The Labute approximate surface area is 125 Å². The second kappa shape index (κ2) is 8.45. The number of alkyl halides is 1. The van der Waals surface area contributed by atoms with Gasteiger partial charge in [-0.05, 0) is 31.0 Å². The maximum Gasteiger partial charge on any atom is 0.191 e. The minimum absolute atomic E-state index is 0.126. The standard InChI is InChI=1S/C15H31ClO2Si/c1-13(14(17)10-8-7-9-11-16)12-18-19(5,6)15(2,3)4/h8,10,13-14,17H,7,9,11-12H2,1-6H3/b10-8+/t13-,14+/m0/s1. The molecule has 114 valence electrons. The monoisotopic (exact) mass is 306 g/mol. The molecular weight excluding hydrogens is 276 g/mol. The van der Waals surface area contributed by atoms with E-state index in [0.717, 1.165) is 12.8 Å². The smallest absolute Gasteiger partial charge is 0.191 e. The molecule has 0 aromatic rings. The van der Waals surface area contributed by atoms with Gasteiger partial charge in [0.2, 0.25) is 0 Å². The number of aliphatic hydroxyl groups excluding tert-OH is 1. The summed E-state index contributed by atoms with van der Waals surface area (Å²) in [5, 5.41) is 10.2. The molecule has 0 aliphatic rings. The zero-order chi connectivity index (χ0) is 15.1. The minimum atomic E-state index is -1.71. The highest BCUT2D eigenvalue weighted by Crippen LogP contribution is 2.36. The Morgan fingerprint density at radius 3 is 2.37 bits per heavy atom. The van der Waals surface area contributed by atoms with Crippen LogP contribution in [-0.2, 0) is 4.43 Å². The Kier molecular flexibility index (Phi) is 8.53. The molecule has 0 rings (SSSR count). The summed E-state index contributed by atoms with van der Waals surface area (Å²) in [5.41, 5.74) is 0. The predicted molar refractivity (Wildman–Crippen MR) is 87.4 cm³/mol. The third kappa shape index (κ3) is 7.50. The van der Waals surface area contributed by atoms with Crippen LogP contribution in [0.5, 0.6) is 0 Å². The molecule has 19 heavy (non-hydrogen) atoms. The molecule has 0 aromatic heterocycles. The van der Waals surface area contributed by atoms with Gasteiger partial charge < -0.3 is 9.53 Å². The molecule has 0 aliphatic heterocycles. The molecule has 2 atom stereocenters. The zero-order valence-electron chi connectivity index (χ0n) is 13.4. The van der Waals surface area contributed by atoms with Gasteiger partial charge in [-0.1, -0.05) is 39.8 Å². The average molecular weight is 307 g/mol. The Morgan fingerprint density at radius 1 is 1.32 bits per heavy atom. The van der Waals surface area contributed by atoms with E-state index in [1.807, 2.05) is 19.1 Å². The van der Waals surface area contributed by atoms with Gasteiger partial charge in [0.05, 0.1) is 6.10 Å². The molecule has 4 heteroatoms. The van der Waals surface area contributed by atoms with E-state index in [1.54, 1.807) is 0 Å². The van der Waals surface area contributed by atoms with Gasteiger partial charge in [0, 0.05) is 18.4 Å². The normalized spacial score (nSPS) is 16.8. The highest BCUT2D eigenvalue weighted by Gasteiger charge is 2.37. The number of rotatable bonds is 8. The van der Waals surface area contributed by atoms with Crippen molar-refractivity contribution in [1.82, 2.24) is 0 Å². The Bertz CT molecular complexity index is 272. The van der Waals surface area contributed by atoms with Crippen LogP contribution in [0.3, 0.4) is 0 Å². The predicted octanol–water partition coefficient (Wildman–Crippen LogP) is 4.58. The van der Waals surface area contributed by atoms with Gasteiger partial charge in [0.25, 0.3) is 0 Å². The van der Waals surface area contributed by atoms with E-state index in [2.05, 4.69) is 33.9 Å². The van der Waals surface area contributed by atoms with Crippen LogP contribution in [0.4, 0.5) is 0 Å². The van der Waals surface area contributed by atoms with Crippen molar-refractivity contribution in [2.24, 2.45) is 5.92 Å². The van der Waals surface area contributed by atoms with Crippen LogP contribution in [0.25, 0.3) is 0 Å².